The molecule has 0 atom stereocenters. The van der Waals surface area contributed by atoms with Crippen LogP contribution in [0.5, 0.6) is 0 Å². The molecule has 0 unspecified atom stereocenters. The van der Waals surface area contributed by atoms with Crippen LogP contribution in [0.4, 0.5) is 0 Å². The number of rotatable bonds is 6. The van der Waals surface area contributed by atoms with E-state index in [1.807, 2.05) is 0 Å². The lowest BCUT2D eigenvalue weighted by Crippen LogP contribution is -2.18. The Morgan fingerprint density at radius 2 is 2.14 bits per heavy atom. The molecule has 14 heavy (non-hydrogen) atoms. The van der Waals surface area contributed by atoms with Gasteiger partial charge >= 0.3 is 0 Å². The van der Waals surface area contributed by atoms with Crippen molar-refractivity contribution in [2.45, 2.75) is 52.4 Å². The van der Waals surface area contributed by atoms with Gasteiger partial charge in [-0.2, -0.15) is 0 Å². The predicted octanol–water partition coefficient (Wildman–Crippen LogP) is 3.51. The maximum Gasteiger partial charge on any atom is -0.00116 e. The summed E-state index contributed by atoms with van der Waals surface area (Å²) in [4.78, 5) is 0. The van der Waals surface area contributed by atoms with E-state index in [2.05, 4.69) is 25.2 Å². The lowest BCUT2D eigenvalue weighted by atomic mass is 9.97. The molecular formula is C13H25N. The Bertz CT molecular complexity index is 170. The normalized spacial score (nSPS) is 17.2. The molecular weight excluding hydrogens is 170 g/mol. The van der Waals surface area contributed by atoms with Crippen LogP contribution in [-0.4, -0.2) is 13.1 Å². The van der Waals surface area contributed by atoms with Gasteiger partial charge in [-0.3, -0.25) is 0 Å². The van der Waals surface area contributed by atoms with Gasteiger partial charge in [0.15, 0.2) is 0 Å². The molecule has 82 valence electrons. The van der Waals surface area contributed by atoms with Crippen LogP contribution in [0.25, 0.3) is 0 Å². The molecule has 1 nitrogen and oxygen atoms in total. The van der Waals surface area contributed by atoms with Gasteiger partial charge in [0.25, 0.3) is 0 Å². The first-order valence-corrected chi connectivity index (χ1v) is 6.17. The third kappa shape index (κ3) is 5.43. The predicted molar refractivity (Wildman–Crippen MR) is 63.5 cm³/mol. The van der Waals surface area contributed by atoms with Gasteiger partial charge in [-0.15, -0.1) is 0 Å². The first-order valence-electron chi connectivity index (χ1n) is 6.17. The number of allylic oxidation sites excluding steroid dienone is 1. The molecule has 0 aromatic heterocycles. The van der Waals surface area contributed by atoms with Gasteiger partial charge < -0.3 is 5.32 Å². The van der Waals surface area contributed by atoms with Gasteiger partial charge in [0.05, 0.1) is 0 Å². The molecule has 0 saturated heterocycles. The van der Waals surface area contributed by atoms with Gasteiger partial charge in [0.2, 0.25) is 0 Å². The summed E-state index contributed by atoms with van der Waals surface area (Å²) in [6.45, 7) is 6.93. The van der Waals surface area contributed by atoms with Crippen molar-refractivity contribution >= 4 is 0 Å². The smallest absolute Gasteiger partial charge is 0.00116 e. The van der Waals surface area contributed by atoms with Crippen molar-refractivity contribution in [3.63, 3.8) is 0 Å². The Hall–Kier alpha value is -0.300. The van der Waals surface area contributed by atoms with Crippen molar-refractivity contribution in [3.8, 4) is 0 Å². The van der Waals surface area contributed by atoms with E-state index in [4.69, 9.17) is 0 Å². The Morgan fingerprint density at radius 1 is 1.29 bits per heavy atom. The van der Waals surface area contributed by atoms with Crippen LogP contribution >= 0.6 is 0 Å². The van der Waals surface area contributed by atoms with Crippen molar-refractivity contribution < 1.29 is 0 Å². The highest BCUT2D eigenvalue weighted by Crippen LogP contribution is 2.19. The van der Waals surface area contributed by atoms with Gasteiger partial charge in [-0.1, -0.05) is 25.5 Å². The summed E-state index contributed by atoms with van der Waals surface area (Å²) >= 11 is 0. The van der Waals surface area contributed by atoms with Gasteiger partial charge in [-0.05, 0) is 57.5 Å². The maximum absolute atomic E-state index is 3.52. The quantitative estimate of drug-likeness (QED) is 0.505. The van der Waals surface area contributed by atoms with Crippen molar-refractivity contribution in [2.75, 3.05) is 13.1 Å². The number of nitrogens with one attached hydrogen (secondary N) is 1. The summed E-state index contributed by atoms with van der Waals surface area (Å²) in [5.74, 6) is 0.830. The number of hydrogen-bond acceptors (Lipinski definition) is 1. The molecule has 1 N–H and O–H groups in total. The number of hydrogen-bond donors (Lipinski definition) is 1. The summed E-state index contributed by atoms with van der Waals surface area (Å²) in [6.07, 6.45) is 10.5. The van der Waals surface area contributed by atoms with E-state index in [-0.39, 0.29) is 0 Å². The largest absolute Gasteiger partial charge is 0.316 e. The molecule has 0 amide bonds. The Balaban J connectivity index is 1.95. The summed E-state index contributed by atoms with van der Waals surface area (Å²) < 4.78 is 0. The molecule has 0 aromatic carbocycles. The van der Waals surface area contributed by atoms with Gasteiger partial charge in [0.1, 0.15) is 0 Å². The molecule has 0 heterocycles. The van der Waals surface area contributed by atoms with Crippen LogP contribution in [0.1, 0.15) is 52.4 Å². The third-order valence-corrected chi connectivity index (χ3v) is 2.91. The van der Waals surface area contributed by atoms with Crippen molar-refractivity contribution in [1.82, 2.24) is 5.32 Å². The van der Waals surface area contributed by atoms with E-state index >= 15 is 0 Å². The average Bonchev–Trinajstić information content (AvgIpc) is 2.18. The van der Waals surface area contributed by atoms with E-state index in [9.17, 15) is 0 Å². The second kappa shape index (κ2) is 7.05. The fourth-order valence-corrected chi connectivity index (χ4v) is 1.90. The first-order chi connectivity index (χ1) is 6.79. The molecule has 0 aromatic rings. The molecule has 0 radical (unpaired) electrons. The van der Waals surface area contributed by atoms with Gasteiger partial charge in [-0.25, -0.2) is 0 Å². The summed E-state index contributed by atoms with van der Waals surface area (Å²) in [5, 5.41) is 3.52. The van der Waals surface area contributed by atoms with Crippen LogP contribution in [0.15, 0.2) is 11.6 Å². The summed E-state index contributed by atoms with van der Waals surface area (Å²) in [5.41, 5.74) is 1.69. The lowest BCUT2D eigenvalue weighted by molar-refractivity contribution is 0.534. The van der Waals surface area contributed by atoms with Crippen molar-refractivity contribution in [2.24, 2.45) is 5.92 Å². The zero-order valence-electron chi connectivity index (χ0n) is 9.81. The van der Waals surface area contributed by atoms with Crippen LogP contribution in [-0.2, 0) is 0 Å². The molecule has 0 bridgehead atoms. The summed E-state index contributed by atoms with van der Waals surface area (Å²) in [6, 6.07) is 0. The molecule has 1 aliphatic rings. The molecule has 1 aliphatic carbocycles. The minimum atomic E-state index is 0.830. The Labute approximate surface area is 89.0 Å². The van der Waals surface area contributed by atoms with Crippen molar-refractivity contribution in [3.05, 3.63) is 11.6 Å². The van der Waals surface area contributed by atoms with Crippen LogP contribution in [0.2, 0.25) is 0 Å². The molecule has 1 rings (SSSR count). The molecule has 1 heteroatoms. The summed E-state index contributed by atoms with van der Waals surface area (Å²) in [7, 11) is 0. The third-order valence-electron chi connectivity index (χ3n) is 2.91. The van der Waals surface area contributed by atoms with E-state index in [1.54, 1.807) is 5.57 Å². The Kier molecular flexibility index (Phi) is 5.93. The highest BCUT2D eigenvalue weighted by atomic mass is 14.8. The minimum absolute atomic E-state index is 0.830. The first kappa shape index (κ1) is 11.8. The van der Waals surface area contributed by atoms with Crippen LogP contribution in [0, 0.1) is 5.92 Å². The Morgan fingerprint density at radius 3 is 2.79 bits per heavy atom. The van der Waals surface area contributed by atoms with E-state index in [0.717, 1.165) is 5.92 Å². The van der Waals surface area contributed by atoms with Crippen molar-refractivity contribution in [1.29, 1.82) is 0 Å². The topological polar surface area (TPSA) is 12.0 Å². The van der Waals surface area contributed by atoms with Crippen LogP contribution in [0.3, 0.4) is 0 Å². The zero-order chi connectivity index (χ0) is 10.2. The monoisotopic (exact) mass is 195 g/mol. The molecule has 0 saturated carbocycles. The zero-order valence-corrected chi connectivity index (χ0v) is 9.81. The maximum atomic E-state index is 3.52. The minimum Gasteiger partial charge on any atom is -0.316 e. The standard InChI is InChI=1S/C13H25N/c1-12(2)8-10-14-11-9-13-6-4-3-5-7-13/h6,12,14H,3-5,7-11H2,1-2H3. The van der Waals surface area contributed by atoms with E-state index < -0.39 is 0 Å². The molecule has 0 spiro atoms. The lowest BCUT2D eigenvalue weighted by Gasteiger charge is -2.13. The SMILES string of the molecule is CC(C)CCNCCC1=CCCCC1. The molecule has 0 fully saturated rings. The molecule has 0 aliphatic heterocycles. The highest BCUT2D eigenvalue weighted by molar-refractivity contribution is 5.05. The second-order valence-electron chi connectivity index (χ2n) is 4.79. The van der Waals surface area contributed by atoms with E-state index in [0.29, 0.717) is 0 Å². The average molecular weight is 195 g/mol. The van der Waals surface area contributed by atoms with Crippen LogP contribution < -0.4 is 5.32 Å². The van der Waals surface area contributed by atoms with Gasteiger partial charge in [0, 0.05) is 0 Å². The second-order valence-corrected chi connectivity index (χ2v) is 4.79. The fourth-order valence-electron chi connectivity index (χ4n) is 1.90. The van der Waals surface area contributed by atoms with E-state index in [1.165, 1.54) is 51.6 Å². The fraction of sp³-hybridized carbons (Fsp3) is 0.846. The highest BCUT2D eigenvalue weighted by Gasteiger charge is 2.02.